The molecule has 1 saturated heterocycles. The predicted octanol–water partition coefficient (Wildman–Crippen LogP) is 1.28. The van der Waals surface area contributed by atoms with Crippen LogP contribution in [0.4, 0.5) is 0 Å². The highest BCUT2D eigenvalue weighted by atomic mass is 32.2. The standard InChI is InChI=1S/C14H22O7S/c1-5-22-12-6-13(20-10(4)17)21-14(12)11(19-9(3)16)7-18-8(2)15/h11-14H,5-7H2,1-4H3/t11-,12-,13?,14-/m1/s1. The third-order valence-corrected chi connectivity index (χ3v) is 4.14. The van der Waals surface area contributed by atoms with Crippen molar-refractivity contribution in [2.24, 2.45) is 0 Å². The molecule has 0 amide bonds. The SMILES string of the molecule is CCS[C@@H]1CC(OC(C)=O)O[C@@H]1[C@@H](COC(C)=O)OC(C)=O. The van der Waals surface area contributed by atoms with Gasteiger partial charge >= 0.3 is 17.9 Å². The number of esters is 3. The Balaban J connectivity index is 2.79. The predicted molar refractivity (Wildman–Crippen MR) is 79.2 cm³/mol. The van der Waals surface area contributed by atoms with Crippen LogP contribution < -0.4 is 0 Å². The molecule has 7 nitrogen and oxygen atoms in total. The molecule has 0 aliphatic carbocycles. The first-order chi connectivity index (χ1) is 10.3. The van der Waals surface area contributed by atoms with Crippen LogP contribution in [0.15, 0.2) is 0 Å². The van der Waals surface area contributed by atoms with Gasteiger partial charge in [-0.15, -0.1) is 0 Å². The van der Waals surface area contributed by atoms with Gasteiger partial charge in [-0.05, 0) is 5.75 Å². The fourth-order valence-corrected chi connectivity index (χ4v) is 3.37. The van der Waals surface area contributed by atoms with Gasteiger partial charge in [-0.3, -0.25) is 14.4 Å². The van der Waals surface area contributed by atoms with Crippen molar-refractivity contribution in [3.8, 4) is 0 Å². The summed E-state index contributed by atoms with van der Waals surface area (Å²) in [5, 5.41) is -0.0192. The van der Waals surface area contributed by atoms with E-state index < -0.39 is 36.4 Å². The summed E-state index contributed by atoms with van der Waals surface area (Å²) in [4.78, 5) is 33.3. The summed E-state index contributed by atoms with van der Waals surface area (Å²) in [7, 11) is 0. The molecule has 1 aliphatic heterocycles. The lowest BCUT2D eigenvalue weighted by Gasteiger charge is -2.26. The molecule has 0 radical (unpaired) electrons. The molecule has 22 heavy (non-hydrogen) atoms. The molecule has 0 aromatic heterocycles. The van der Waals surface area contributed by atoms with Gasteiger partial charge in [-0.1, -0.05) is 6.92 Å². The van der Waals surface area contributed by atoms with Crippen LogP contribution in [-0.4, -0.2) is 54.0 Å². The second kappa shape index (κ2) is 8.99. The van der Waals surface area contributed by atoms with Gasteiger partial charge in [-0.25, -0.2) is 0 Å². The van der Waals surface area contributed by atoms with Crippen LogP contribution in [0.1, 0.15) is 34.1 Å². The Bertz CT molecular complexity index is 412. The first kappa shape index (κ1) is 18.8. The first-order valence-corrected chi connectivity index (χ1v) is 8.13. The molecule has 0 bridgehead atoms. The fraction of sp³-hybridized carbons (Fsp3) is 0.786. The van der Waals surface area contributed by atoms with Gasteiger partial charge in [0.15, 0.2) is 6.10 Å². The maximum atomic E-state index is 11.3. The van der Waals surface area contributed by atoms with Crippen molar-refractivity contribution in [3.63, 3.8) is 0 Å². The molecule has 0 saturated carbocycles. The van der Waals surface area contributed by atoms with Crippen molar-refractivity contribution in [3.05, 3.63) is 0 Å². The smallest absolute Gasteiger partial charge is 0.304 e. The molecule has 0 N–H and O–H groups in total. The van der Waals surface area contributed by atoms with Crippen molar-refractivity contribution >= 4 is 29.7 Å². The van der Waals surface area contributed by atoms with Gasteiger partial charge in [-0.2, -0.15) is 11.8 Å². The van der Waals surface area contributed by atoms with Gasteiger partial charge in [0.2, 0.25) is 6.29 Å². The van der Waals surface area contributed by atoms with Crippen molar-refractivity contribution in [2.45, 2.75) is 57.9 Å². The monoisotopic (exact) mass is 334 g/mol. The second-order valence-corrected chi connectivity index (χ2v) is 6.34. The highest BCUT2D eigenvalue weighted by Gasteiger charge is 2.43. The molecule has 4 atom stereocenters. The van der Waals surface area contributed by atoms with E-state index in [-0.39, 0.29) is 11.9 Å². The minimum Gasteiger partial charge on any atom is -0.462 e. The molecule has 1 unspecified atom stereocenters. The zero-order valence-corrected chi connectivity index (χ0v) is 14.0. The lowest BCUT2D eigenvalue weighted by Crippen LogP contribution is -2.40. The van der Waals surface area contributed by atoms with E-state index in [1.165, 1.54) is 20.8 Å². The summed E-state index contributed by atoms with van der Waals surface area (Å²) in [5.41, 5.74) is 0. The number of carbonyl (C=O) groups is 3. The van der Waals surface area contributed by atoms with Crippen molar-refractivity contribution in [1.29, 1.82) is 0 Å². The van der Waals surface area contributed by atoms with E-state index in [1.807, 2.05) is 6.92 Å². The number of rotatable bonds is 7. The van der Waals surface area contributed by atoms with Crippen LogP contribution in [-0.2, 0) is 33.3 Å². The summed E-state index contributed by atoms with van der Waals surface area (Å²) in [6.45, 7) is 5.77. The topological polar surface area (TPSA) is 88.1 Å². The van der Waals surface area contributed by atoms with E-state index in [9.17, 15) is 14.4 Å². The molecule has 1 aliphatic rings. The van der Waals surface area contributed by atoms with Crippen molar-refractivity contribution < 1.29 is 33.3 Å². The number of ether oxygens (including phenoxy) is 4. The zero-order valence-electron chi connectivity index (χ0n) is 13.2. The highest BCUT2D eigenvalue weighted by Crippen LogP contribution is 2.34. The van der Waals surface area contributed by atoms with E-state index in [0.717, 1.165) is 5.75 Å². The average molecular weight is 334 g/mol. The van der Waals surface area contributed by atoms with E-state index >= 15 is 0 Å². The number of hydrogen-bond donors (Lipinski definition) is 0. The Morgan fingerprint density at radius 3 is 2.36 bits per heavy atom. The number of carbonyl (C=O) groups excluding carboxylic acids is 3. The van der Waals surface area contributed by atoms with E-state index in [4.69, 9.17) is 18.9 Å². The summed E-state index contributed by atoms with van der Waals surface area (Å²) in [5.74, 6) is -0.559. The van der Waals surface area contributed by atoms with Crippen LogP contribution in [0.2, 0.25) is 0 Å². The maximum absolute atomic E-state index is 11.3. The van der Waals surface area contributed by atoms with Crippen LogP contribution in [0, 0.1) is 0 Å². The highest BCUT2D eigenvalue weighted by molar-refractivity contribution is 7.99. The molecule has 0 aromatic carbocycles. The molecule has 0 spiro atoms. The average Bonchev–Trinajstić information content (AvgIpc) is 2.76. The Morgan fingerprint density at radius 2 is 1.86 bits per heavy atom. The molecule has 0 aromatic rings. The Labute approximate surface area is 134 Å². The van der Waals surface area contributed by atoms with Crippen LogP contribution in [0.3, 0.4) is 0 Å². The Kier molecular flexibility index (Phi) is 7.67. The van der Waals surface area contributed by atoms with Crippen LogP contribution in [0.5, 0.6) is 0 Å². The van der Waals surface area contributed by atoms with Gasteiger partial charge in [0.1, 0.15) is 12.7 Å². The van der Waals surface area contributed by atoms with E-state index in [0.29, 0.717) is 6.42 Å². The quantitative estimate of drug-likeness (QED) is 0.508. The summed E-state index contributed by atoms with van der Waals surface area (Å²) < 4.78 is 20.9. The van der Waals surface area contributed by atoms with Crippen LogP contribution in [0.25, 0.3) is 0 Å². The molecule has 1 heterocycles. The minimum absolute atomic E-state index is 0.0192. The normalized spacial score (nSPS) is 25.4. The molecular weight excluding hydrogens is 312 g/mol. The van der Waals surface area contributed by atoms with Gasteiger partial charge in [0.25, 0.3) is 0 Å². The van der Waals surface area contributed by atoms with Crippen molar-refractivity contribution in [2.75, 3.05) is 12.4 Å². The summed E-state index contributed by atoms with van der Waals surface area (Å²) in [6.07, 6.45) is -1.41. The number of thioether (sulfide) groups is 1. The maximum Gasteiger partial charge on any atom is 0.304 e. The summed E-state index contributed by atoms with van der Waals surface area (Å²) in [6, 6.07) is 0. The molecule has 126 valence electrons. The van der Waals surface area contributed by atoms with Gasteiger partial charge in [0.05, 0.1) is 0 Å². The van der Waals surface area contributed by atoms with E-state index in [2.05, 4.69) is 0 Å². The summed E-state index contributed by atoms with van der Waals surface area (Å²) >= 11 is 1.62. The molecule has 8 heteroatoms. The van der Waals surface area contributed by atoms with Gasteiger partial charge < -0.3 is 18.9 Å². The lowest BCUT2D eigenvalue weighted by molar-refractivity contribution is -0.189. The van der Waals surface area contributed by atoms with E-state index in [1.54, 1.807) is 11.8 Å². The van der Waals surface area contributed by atoms with Gasteiger partial charge in [0, 0.05) is 32.4 Å². The largest absolute Gasteiger partial charge is 0.462 e. The molecule has 1 rings (SSSR count). The van der Waals surface area contributed by atoms with Crippen LogP contribution >= 0.6 is 11.8 Å². The Hall–Kier alpha value is -1.28. The zero-order chi connectivity index (χ0) is 16.7. The first-order valence-electron chi connectivity index (χ1n) is 7.08. The lowest BCUT2D eigenvalue weighted by atomic mass is 10.1. The fourth-order valence-electron chi connectivity index (χ4n) is 2.22. The second-order valence-electron chi connectivity index (χ2n) is 4.82. The minimum atomic E-state index is -0.731. The van der Waals surface area contributed by atoms with Crippen molar-refractivity contribution in [1.82, 2.24) is 0 Å². The Morgan fingerprint density at radius 1 is 1.18 bits per heavy atom. The third kappa shape index (κ3) is 6.23. The molecular formula is C14H22O7S. The number of hydrogen-bond acceptors (Lipinski definition) is 8. The third-order valence-electron chi connectivity index (χ3n) is 2.91. The molecule has 1 fully saturated rings.